The molecule has 0 bridgehead atoms. The van der Waals surface area contributed by atoms with Crippen LogP contribution in [0.2, 0.25) is 0 Å². The molecule has 4 nitrogen and oxygen atoms in total. The number of rotatable bonds is 2. The summed E-state index contributed by atoms with van der Waals surface area (Å²) in [5.41, 5.74) is 0.276. The molecule has 1 heterocycles. The van der Waals surface area contributed by atoms with Gasteiger partial charge in [0.15, 0.2) is 0 Å². The van der Waals surface area contributed by atoms with Gasteiger partial charge >= 0.3 is 0 Å². The van der Waals surface area contributed by atoms with Crippen molar-refractivity contribution in [3.05, 3.63) is 0 Å². The maximum absolute atomic E-state index is 12.1. The zero-order valence-corrected chi connectivity index (χ0v) is 13.9. The molecule has 0 radical (unpaired) electrons. The number of carbonyl (C=O) groups excluding carboxylic acids is 1. The third-order valence-corrected chi connectivity index (χ3v) is 5.39. The van der Waals surface area contributed by atoms with Crippen LogP contribution in [0.5, 0.6) is 0 Å². The minimum Gasteiger partial charge on any atom is -0.353 e. The Morgan fingerprint density at radius 2 is 2.10 bits per heavy atom. The second kappa shape index (κ2) is 6.36. The Bertz CT molecular complexity index is 421. The molecule has 2 fully saturated rings. The van der Waals surface area contributed by atoms with Crippen LogP contribution in [0.1, 0.15) is 53.4 Å². The van der Waals surface area contributed by atoms with Crippen LogP contribution in [0.25, 0.3) is 0 Å². The lowest BCUT2D eigenvalue weighted by Gasteiger charge is -2.47. The number of amides is 1. The first-order valence-corrected chi connectivity index (χ1v) is 8.31. The van der Waals surface area contributed by atoms with Gasteiger partial charge in [0.2, 0.25) is 5.91 Å². The Balaban J connectivity index is 2.20. The molecule has 118 valence electrons. The smallest absolute Gasteiger partial charge is 0.237 e. The summed E-state index contributed by atoms with van der Waals surface area (Å²) < 4.78 is 0. The van der Waals surface area contributed by atoms with E-state index in [0.717, 1.165) is 32.2 Å². The lowest BCUT2D eigenvalue weighted by molar-refractivity contribution is -0.131. The van der Waals surface area contributed by atoms with Gasteiger partial charge in [-0.15, -0.1) is 0 Å². The third kappa shape index (κ3) is 3.40. The Labute approximate surface area is 128 Å². The average Bonchev–Trinajstić information content (AvgIpc) is 2.45. The molecule has 0 aromatic carbocycles. The predicted molar refractivity (Wildman–Crippen MR) is 83.5 cm³/mol. The molecule has 4 unspecified atom stereocenters. The molecular weight excluding hydrogens is 262 g/mol. The third-order valence-electron chi connectivity index (χ3n) is 5.39. The van der Waals surface area contributed by atoms with Crippen LogP contribution in [0, 0.1) is 28.6 Å². The summed E-state index contributed by atoms with van der Waals surface area (Å²) in [5.74, 6) is 0.844. The van der Waals surface area contributed by atoms with Gasteiger partial charge in [0.1, 0.15) is 0 Å². The standard InChI is InChI=1S/C17H29N3O/c1-5-14-16(21)19-8-9-20(14)15-10-13(17(2,3)4)7-6-12(15)11-18/h12-15H,5-10H2,1-4H3,(H,19,21). The van der Waals surface area contributed by atoms with E-state index in [1.165, 1.54) is 0 Å². The molecule has 0 aromatic heterocycles. The Kier molecular flexibility index (Phi) is 4.93. The second-order valence-electron chi connectivity index (χ2n) is 7.63. The van der Waals surface area contributed by atoms with Crippen molar-refractivity contribution in [1.82, 2.24) is 10.2 Å². The maximum atomic E-state index is 12.1. The summed E-state index contributed by atoms with van der Waals surface area (Å²) in [6.45, 7) is 10.5. The van der Waals surface area contributed by atoms with Crippen LogP contribution in [0.3, 0.4) is 0 Å². The highest BCUT2D eigenvalue weighted by Crippen LogP contribution is 2.42. The molecule has 0 spiro atoms. The van der Waals surface area contributed by atoms with Crippen molar-refractivity contribution in [2.75, 3.05) is 13.1 Å². The van der Waals surface area contributed by atoms with Crippen molar-refractivity contribution >= 4 is 5.91 Å². The van der Waals surface area contributed by atoms with Gasteiger partial charge < -0.3 is 5.32 Å². The molecule has 4 heteroatoms. The largest absolute Gasteiger partial charge is 0.353 e. The molecule has 0 aromatic rings. The molecule has 2 rings (SSSR count). The van der Waals surface area contributed by atoms with E-state index in [-0.39, 0.29) is 29.3 Å². The van der Waals surface area contributed by atoms with E-state index in [0.29, 0.717) is 12.5 Å². The number of nitriles is 1. The molecular formula is C17H29N3O. The molecule has 1 saturated carbocycles. The monoisotopic (exact) mass is 291 g/mol. The quantitative estimate of drug-likeness (QED) is 0.850. The minimum absolute atomic E-state index is 0.0571. The summed E-state index contributed by atoms with van der Waals surface area (Å²) in [6, 6.07) is 2.69. The zero-order chi connectivity index (χ0) is 15.6. The fourth-order valence-electron chi connectivity index (χ4n) is 4.00. The highest BCUT2D eigenvalue weighted by atomic mass is 16.2. The van der Waals surface area contributed by atoms with Gasteiger partial charge in [-0.3, -0.25) is 9.69 Å². The van der Waals surface area contributed by atoms with Gasteiger partial charge in [0.25, 0.3) is 0 Å². The fraction of sp³-hybridized carbons (Fsp3) is 0.882. The second-order valence-corrected chi connectivity index (χ2v) is 7.63. The number of carbonyl (C=O) groups is 1. The fourth-order valence-corrected chi connectivity index (χ4v) is 4.00. The van der Waals surface area contributed by atoms with Gasteiger partial charge in [-0.05, 0) is 37.0 Å². The van der Waals surface area contributed by atoms with Crippen LogP contribution in [0.4, 0.5) is 0 Å². The van der Waals surface area contributed by atoms with Crippen molar-refractivity contribution in [1.29, 1.82) is 5.26 Å². The van der Waals surface area contributed by atoms with Crippen LogP contribution < -0.4 is 5.32 Å². The Hall–Kier alpha value is -1.08. The molecule has 1 aliphatic carbocycles. The van der Waals surface area contributed by atoms with Crippen molar-refractivity contribution < 1.29 is 4.79 Å². The first-order valence-electron chi connectivity index (χ1n) is 8.31. The van der Waals surface area contributed by atoms with E-state index in [4.69, 9.17) is 0 Å². The Morgan fingerprint density at radius 3 is 2.67 bits per heavy atom. The maximum Gasteiger partial charge on any atom is 0.237 e. The molecule has 21 heavy (non-hydrogen) atoms. The van der Waals surface area contributed by atoms with E-state index in [9.17, 15) is 10.1 Å². The molecule has 2 aliphatic rings. The molecule has 1 amide bonds. The minimum atomic E-state index is -0.0571. The van der Waals surface area contributed by atoms with Crippen molar-refractivity contribution in [2.24, 2.45) is 17.3 Å². The van der Waals surface area contributed by atoms with Gasteiger partial charge in [-0.25, -0.2) is 0 Å². The SMILES string of the molecule is CCC1C(=O)NCCN1C1CC(C(C)(C)C)CCC1C#N. The first kappa shape index (κ1) is 16.3. The van der Waals surface area contributed by atoms with E-state index in [1.54, 1.807) is 0 Å². The number of nitrogens with one attached hydrogen (secondary N) is 1. The lowest BCUT2D eigenvalue weighted by Crippen LogP contribution is -2.60. The Morgan fingerprint density at radius 1 is 1.38 bits per heavy atom. The molecule has 1 N–H and O–H groups in total. The highest BCUT2D eigenvalue weighted by Gasteiger charge is 2.42. The van der Waals surface area contributed by atoms with Crippen molar-refractivity contribution in [3.63, 3.8) is 0 Å². The van der Waals surface area contributed by atoms with Crippen molar-refractivity contribution in [2.45, 2.75) is 65.5 Å². The van der Waals surface area contributed by atoms with Crippen LogP contribution in [-0.2, 0) is 4.79 Å². The van der Waals surface area contributed by atoms with Crippen LogP contribution >= 0.6 is 0 Å². The number of piperazine rings is 1. The number of hydrogen-bond acceptors (Lipinski definition) is 3. The summed E-state index contributed by atoms with van der Waals surface area (Å²) in [6.07, 6.45) is 3.97. The van der Waals surface area contributed by atoms with E-state index >= 15 is 0 Å². The lowest BCUT2D eigenvalue weighted by atomic mass is 9.67. The van der Waals surface area contributed by atoms with Gasteiger partial charge in [0, 0.05) is 19.1 Å². The predicted octanol–water partition coefficient (Wildman–Crippen LogP) is 2.55. The molecule has 1 saturated heterocycles. The summed E-state index contributed by atoms with van der Waals surface area (Å²) in [7, 11) is 0. The van der Waals surface area contributed by atoms with Crippen molar-refractivity contribution in [3.8, 4) is 6.07 Å². The summed E-state index contributed by atoms with van der Waals surface area (Å²) >= 11 is 0. The van der Waals surface area contributed by atoms with Gasteiger partial charge in [-0.1, -0.05) is 27.7 Å². The zero-order valence-electron chi connectivity index (χ0n) is 13.9. The summed E-state index contributed by atoms with van der Waals surface area (Å²) in [4.78, 5) is 14.4. The first-order chi connectivity index (χ1) is 9.88. The number of nitrogens with zero attached hydrogens (tertiary/aromatic N) is 2. The highest BCUT2D eigenvalue weighted by molar-refractivity contribution is 5.82. The van der Waals surface area contributed by atoms with E-state index in [1.807, 2.05) is 0 Å². The van der Waals surface area contributed by atoms with E-state index < -0.39 is 0 Å². The molecule has 4 atom stereocenters. The van der Waals surface area contributed by atoms with Crippen LogP contribution in [-0.4, -0.2) is 36.0 Å². The van der Waals surface area contributed by atoms with Crippen LogP contribution in [0.15, 0.2) is 0 Å². The topological polar surface area (TPSA) is 56.1 Å². The normalized spacial score (nSPS) is 35.1. The molecule has 1 aliphatic heterocycles. The average molecular weight is 291 g/mol. The summed E-state index contributed by atoms with van der Waals surface area (Å²) in [5, 5.41) is 12.5. The number of hydrogen-bond donors (Lipinski definition) is 1. The van der Waals surface area contributed by atoms with E-state index in [2.05, 4.69) is 44.0 Å². The van der Waals surface area contributed by atoms with Gasteiger partial charge in [-0.2, -0.15) is 5.26 Å². The van der Waals surface area contributed by atoms with Gasteiger partial charge in [0.05, 0.1) is 18.0 Å².